The van der Waals surface area contributed by atoms with E-state index in [2.05, 4.69) is 27.1 Å². The first-order valence-electron chi connectivity index (χ1n) is 11.1. The van der Waals surface area contributed by atoms with Gasteiger partial charge in [0.2, 0.25) is 0 Å². The van der Waals surface area contributed by atoms with Gasteiger partial charge in [0, 0.05) is 29.9 Å². The van der Waals surface area contributed by atoms with Crippen LogP contribution in [0.3, 0.4) is 0 Å². The van der Waals surface area contributed by atoms with Gasteiger partial charge in [-0.2, -0.15) is 0 Å². The number of aromatic nitrogens is 4. The van der Waals surface area contributed by atoms with E-state index in [1.807, 2.05) is 6.07 Å². The third-order valence-electron chi connectivity index (χ3n) is 6.00. The highest BCUT2D eigenvalue weighted by Crippen LogP contribution is 2.39. The number of carbonyl (C=O) groups excluding carboxylic acids is 2. The molecule has 2 amide bonds. The molecule has 0 bridgehead atoms. The molecular weight excluding hydrogens is 465 g/mol. The van der Waals surface area contributed by atoms with Crippen LogP contribution < -0.4 is 15.8 Å². The van der Waals surface area contributed by atoms with Crippen LogP contribution in [0.2, 0.25) is 0 Å². The van der Waals surface area contributed by atoms with Gasteiger partial charge in [-0.05, 0) is 36.2 Å². The number of anilines is 2. The van der Waals surface area contributed by atoms with Gasteiger partial charge in [-0.15, -0.1) is 14.8 Å². The predicted octanol–water partition coefficient (Wildman–Crippen LogP) is 3.32. The fourth-order valence-electron chi connectivity index (χ4n) is 4.02. The first-order valence-corrected chi connectivity index (χ1v) is 11.1. The zero-order valence-electron chi connectivity index (χ0n) is 19.4. The van der Waals surface area contributed by atoms with Gasteiger partial charge < -0.3 is 20.7 Å². The monoisotopic (exact) mass is 487 g/mol. The van der Waals surface area contributed by atoms with Crippen molar-refractivity contribution in [2.24, 2.45) is 0 Å². The van der Waals surface area contributed by atoms with Gasteiger partial charge in [0.25, 0.3) is 11.8 Å². The van der Waals surface area contributed by atoms with Crippen molar-refractivity contribution >= 4 is 28.8 Å². The molecule has 3 N–H and O–H groups in total. The van der Waals surface area contributed by atoms with Gasteiger partial charge in [0.05, 0.1) is 12.7 Å². The average Bonchev–Trinajstić information content (AvgIpc) is 3.24. The predicted molar refractivity (Wildman–Crippen MR) is 132 cm³/mol. The Kier molecular flexibility index (Phi) is 5.80. The Morgan fingerprint density at radius 2 is 1.86 bits per heavy atom. The normalized spacial score (nSPS) is 12.8. The minimum absolute atomic E-state index is 0.0822. The maximum absolute atomic E-state index is 13.1. The summed E-state index contributed by atoms with van der Waals surface area (Å²) in [6.07, 6.45) is 2.29. The van der Waals surface area contributed by atoms with Crippen molar-refractivity contribution < 1.29 is 18.7 Å². The molecule has 1 fully saturated rings. The SMILES string of the molecule is C=C(F)C(=O)Nc1ccc(-c2nn3ncnc(N)c3c2-c2ccc(C(=O)N3CCC3)c(OC)c2)cc1. The van der Waals surface area contributed by atoms with E-state index in [0.717, 1.165) is 19.5 Å². The Morgan fingerprint density at radius 1 is 1.14 bits per heavy atom. The first kappa shape index (κ1) is 23.0. The molecule has 10 nitrogen and oxygen atoms in total. The standard InChI is InChI=1S/C25H22FN7O3/c1-14(26)24(34)30-17-7-4-15(5-8-17)21-20(22-23(27)28-13-29-33(22)31-21)16-6-9-18(19(12-16)36-2)25(35)32-10-3-11-32/h4-9,12-13H,1,3,10-11H2,2H3,(H,30,34)(H2,27,28,29). The molecule has 36 heavy (non-hydrogen) atoms. The maximum Gasteiger partial charge on any atom is 0.283 e. The van der Waals surface area contributed by atoms with E-state index in [1.165, 1.54) is 18.1 Å². The zero-order chi connectivity index (χ0) is 25.4. The molecule has 0 spiro atoms. The summed E-state index contributed by atoms with van der Waals surface area (Å²) in [4.78, 5) is 30.3. The van der Waals surface area contributed by atoms with Crippen molar-refractivity contribution in [2.75, 3.05) is 31.2 Å². The number of nitrogen functional groups attached to an aromatic ring is 1. The summed E-state index contributed by atoms with van der Waals surface area (Å²) in [6, 6.07) is 12.0. The summed E-state index contributed by atoms with van der Waals surface area (Å²) >= 11 is 0. The van der Waals surface area contributed by atoms with E-state index in [-0.39, 0.29) is 11.7 Å². The van der Waals surface area contributed by atoms with E-state index >= 15 is 0 Å². The third kappa shape index (κ3) is 4.00. The summed E-state index contributed by atoms with van der Waals surface area (Å²) < 4.78 is 20.0. The number of ether oxygens (including phenoxy) is 1. The molecule has 0 unspecified atom stereocenters. The van der Waals surface area contributed by atoms with E-state index in [1.54, 1.807) is 41.3 Å². The van der Waals surface area contributed by atoms with Gasteiger partial charge in [-0.1, -0.05) is 24.8 Å². The molecule has 5 rings (SSSR count). The van der Waals surface area contributed by atoms with E-state index in [0.29, 0.717) is 44.9 Å². The largest absolute Gasteiger partial charge is 0.496 e. The smallest absolute Gasteiger partial charge is 0.283 e. The van der Waals surface area contributed by atoms with Crippen LogP contribution in [0.4, 0.5) is 15.9 Å². The summed E-state index contributed by atoms with van der Waals surface area (Å²) in [6.45, 7) is 4.45. The van der Waals surface area contributed by atoms with Crippen LogP contribution in [0.1, 0.15) is 16.8 Å². The van der Waals surface area contributed by atoms with Crippen molar-refractivity contribution in [3.63, 3.8) is 0 Å². The van der Waals surface area contributed by atoms with Crippen molar-refractivity contribution in [1.29, 1.82) is 0 Å². The third-order valence-corrected chi connectivity index (χ3v) is 6.00. The number of methoxy groups -OCH3 is 1. The van der Waals surface area contributed by atoms with Gasteiger partial charge >= 0.3 is 0 Å². The lowest BCUT2D eigenvalue weighted by molar-refractivity contribution is -0.114. The minimum atomic E-state index is -1.08. The van der Waals surface area contributed by atoms with Crippen LogP contribution in [-0.4, -0.2) is 56.7 Å². The van der Waals surface area contributed by atoms with Crippen molar-refractivity contribution in [3.05, 3.63) is 66.8 Å². The molecule has 4 aromatic rings. The van der Waals surface area contributed by atoms with Gasteiger partial charge in [0.15, 0.2) is 11.6 Å². The van der Waals surface area contributed by atoms with Crippen molar-refractivity contribution in [3.8, 4) is 28.1 Å². The highest BCUT2D eigenvalue weighted by Gasteiger charge is 2.26. The minimum Gasteiger partial charge on any atom is -0.496 e. The molecule has 2 aromatic carbocycles. The number of benzene rings is 2. The summed E-state index contributed by atoms with van der Waals surface area (Å²) in [5.74, 6) is -1.43. The van der Waals surface area contributed by atoms with Crippen molar-refractivity contribution in [2.45, 2.75) is 6.42 Å². The van der Waals surface area contributed by atoms with E-state index < -0.39 is 11.7 Å². The quantitative estimate of drug-likeness (QED) is 0.399. The van der Waals surface area contributed by atoms with Gasteiger partial charge in [-0.3, -0.25) is 9.59 Å². The average molecular weight is 487 g/mol. The van der Waals surface area contributed by atoms with E-state index in [4.69, 9.17) is 10.5 Å². The number of carbonyl (C=O) groups is 2. The molecule has 182 valence electrons. The lowest BCUT2D eigenvalue weighted by Crippen LogP contribution is -2.42. The second-order valence-electron chi connectivity index (χ2n) is 8.20. The molecule has 1 aliphatic heterocycles. The fraction of sp³-hybridized carbons (Fsp3) is 0.160. The van der Waals surface area contributed by atoms with Crippen LogP contribution in [0.15, 0.2) is 61.2 Å². The topological polar surface area (TPSA) is 128 Å². The number of nitrogens with two attached hydrogens (primary N) is 1. The Labute approximate surface area is 205 Å². The molecule has 0 radical (unpaired) electrons. The number of hydrogen-bond acceptors (Lipinski definition) is 7. The van der Waals surface area contributed by atoms with Crippen LogP contribution in [0.5, 0.6) is 5.75 Å². The Bertz CT molecular complexity index is 1510. The molecule has 3 heterocycles. The lowest BCUT2D eigenvalue weighted by Gasteiger charge is -2.31. The molecule has 0 atom stereocenters. The van der Waals surface area contributed by atoms with Gasteiger partial charge in [0.1, 0.15) is 23.3 Å². The molecule has 1 saturated heterocycles. The highest BCUT2D eigenvalue weighted by atomic mass is 19.1. The molecular formula is C25H22FN7O3. The summed E-state index contributed by atoms with van der Waals surface area (Å²) in [5, 5.41) is 11.2. The number of nitrogens with zero attached hydrogens (tertiary/aromatic N) is 5. The molecule has 2 aromatic heterocycles. The molecule has 0 saturated carbocycles. The number of halogens is 1. The van der Waals surface area contributed by atoms with Crippen LogP contribution >= 0.6 is 0 Å². The molecule has 0 aliphatic carbocycles. The number of rotatable bonds is 6. The van der Waals surface area contributed by atoms with E-state index in [9.17, 15) is 14.0 Å². The number of amides is 2. The fourth-order valence-corrected chi connectivity index (χ4v) is 4.02. The zero-order valence-corrected chi connectivity index (χ0v) is 19.4. The Hall–Kier alpha value is -4.80. The summed E-state index contributed by atoms with van der Waals surface area (Å²) in [5.41, 5.74) is 10.1. The molecule has 11 heteroatoms. The van der Waals surface area contributed by atoms with Gasteiger partial charge in [-0.25, -0.2) is 9.37 Å². The Morgan fingerprint density at radius 3 is 2.50 bits per heavy atom. The maximum atomic E-state index is 13.1. The highest BCUT2D eigenvalue weighted by molar-refractivity contribution is 6.02. The summed E-state index contributed by atoms with van der Waals surface area (Å²) in [7, 11) is 1.51. The second kappa shape index (κ2) is 9.10. The number of nitrogens with one attached hydrogen (secondary N) is 1. The number of hydrogen-bond donors (Lipinski definition) is 2. The number of likely N-dealkylation sites (tertiary alicyclic amines) is 1. The van der Waals surface area contributed by atoms with Crippen LogP contribution in [0.25, 0.3) is 27.9 Å². The number of fused-ring (bicyclic) bond motifs is 1. The van der Waals surface area contributed by atoms with Crippen LogP contribution in [0, 0.1) is 0 Å². The lowest BCUT2D eigenvalue weighted by atomic mass is 9.97. The molecule has 1 aliphatic rings. The second-order valence-corrected chi connectivity index (χ2v) is 8.20. The van der Waals surface area contributed by atoms with Crippen LogP contribution in [-0.2, 0) is 4.79 Å². The first-order chi connectivity index (χ1) is 17.4. The van der Waals surface area contributed by atoms with Crippen molar-refractivity contribution in [1.82, 2.24) is 24.7 Å². The Balaban J connectivity index is 1.61.